The first-order valence-corrected chi connectivity index (χ1v) is 3.81. The van der Waals surface area contributed by atoms with Crippen LogP contribution in [0.25, 0.3) is 0 Å². The molecule has 8 heavy (non-hydrogen) atoms. The summed E-state index contributed by atoms with van der Waals surface area (Å²) >= 11 is 2.77. The van der Waals surface area contributed by atoms with Crippen LogP contribution in [-0.2, 0) is 0 Å². The van der Waals surface area contributed by atoms with E-state index in [1.165, 1.54) is 23.3 Å². The number of hydrogen-bond acceptors (Lipinski definition) is 4. The molecule has 1 radical (unpaired) electrons. The SMILES string of the molecule is [CH2]Sc1nc(C)ns1. The Morgan fingerprint density at radius 1 is 1.75 bits per heavy atom. The maximum absolute atomic E-state index is 4.04. The fourth-order valence-corrected chi connectivity index (χ4v) is 1.28. The van der Waals surface area contributed by atoms with E-state index >= 15 is 0 Å². The molecular weight excluding hydrogens is 140 g/mol. The van der Waals surface area contributed by atoms with Crippen molar-refractivity contribution in [1.29, 1.82) is 0 Å². The molecule has 1 aromatic heterocycles. The highest BCUT2D eigenvalue weighted by Crippen LogP contribution is 2.16. The number of thioether (sulfide) groups is 1. The standard InChI is InChI=1S/C4H5N2S2/c1-3-5-4(7-2)8-6-3/h2H2,1H3. The monoisotopic (exact) mass is 145 g/mol. The summed E-state index contributed by atoms with van der Waals surface area (Å²) in [4.78, 5) is 4.04. The summed E-state index contributed by atoms with van der Waals surface area (Å²) in [6, 6.07) is 0. The molecule has 0 aromatic carbocycles. The normalized spacial score (nSPS) is 9.75. The van der Waals surface area contributed by atoms with Crippen LogP contribution >= 0.6 is 23.3 Å². The van der Waals surface area contributed by atoms with Crippen molar-refractivity contribution in [1.82, 2.24) is 9.36 Å². The Balaban J connectivity index is 2.84. The van der Waals surface area contributed by atoms with Crippen LogP contribution in [0.15, 0.2) is 4.34 Å². The van der Waals surface area contributed by atoms with Crippen molar-refractivity contribution in [3.05, 3.63) is 12.1 Å². The Morgan fingerprint density at radius 3 is 2.75 bits per heavy atom. The van der Waals surface area contributed by atoms with Gasteiger partial charge in [0.1, 0.15) is 5.82 Å². The van der Waals surface area contributed by atoms with E-state index in [9.17, 15) is 0 Å². The number of nitrogens with zero attached hydrogens (tertiary/aromatic N) is 2. The average Bonchev–Trinajstić information content (AvgIpc) is 2.14. The molecule has 0 bridgehead atoms. The quantitative estimate of drug-likeness (QED) is 0.563. The van der Waals surface area contributed by atoms with Gasteiger partial charge in [-0.25, -0.2) is 4.98 Å². The van der Waals surface area contributed by atoms with Gasteiger partial charge in [0.25, 0.3) is 0 Å². The van der Waals surface area contributed by atoms with E-state index in [0.717, 1.165) is 10.2 Å². The van der Waals surface area contributed by atoms with Gasteiger partial charge < -0.3 is 0 Å². The third-order valence-corrected chi connectivity index (χ3v) is 2.15. The summed E-state index contributed by atoms with van der Waals surface area (Å²) < 4.78 is 4.89. The second-order valence-corrected chi connectivity index (χ2v) is 2.94. The molecule has 0 fully saturated rings. The number of hydrogen-bond donors (Lipinski definition) is 0. The van der Waals surface area contributed by atoms with E-state index < -0.39 is 0 Å². The molecule has 0 atom stereocenters. The molecule has 43 valence electrons. The Hall–Kier alpha value is -0.0900. The molecule has 0 aliphatic carbocycles. The highest BCUT2D eigenvalue weighted by Gasteiger charge is 1.94. The summed E-state index contributed by atoms with van der Waals surface area (Å²) in [7, 11) is 0. The number of aryl methyl sites for hydroxylation is 1. The minimum atomic E-state index is 0.834. The van der Waals surface area contributed by atoms with Crippen LogP contribution < -0.4 is 0 Å². The Bertz CT molecular complexity index is 172. The minimum Gasteiger partial charge on any atom is -0.213 e. The molecule has 0 saturated carbocycles. The van der Waals surface area contributed by atoms with Gasteiger partial charge in [0, 0.05) is 6.26 Å². The molecular formula is C4H5N2S2. The zero-order valence-corrected chi connectivity index (χ0v) is 6.05. The lowest BCUT2D eigenvalue weighted by Crippen LogP contribution is -1.69. The fourth-order valence-electron chi connectivity index (χ4n) is 0.337. The Labute approximate surface area is 56.5 Å². The van der Waals surface area contributed by atoms with Crippen LogP contribution in [0.1, 0.15) is 5.82 Å². The summed E-state index contributed by atoms with van der Waals surface area (Å²) in [6.07, 6.45) is 3.59. The number of rotatable bonds is 1. The van der Waals surface area contributed by atoms with Gasteiger partial charge in [-0.1, -0.05) is 11.8 Å². The van der Waals surface area contributed by atoms with Crippen LogP contribution in [0.4, 0.5) is 0 Å². The largest absolute Gasteiger partial charge is 0.213 e. The molecule has 1 rings (SSSR count). The topological polar surface area (TPSA) is 25.8 Å². The zero-order chi connectivity index (χ0) is 5.98. The maximum Gasteiger partial charge on any atom is 0.170 e. The predicted molar refractivity (Wildman–Crippen MR) is 35.9 cm³/mol. The van der Waals surface area contributed by atoms with Crippen LogP contribution in [0.3, 0.4) is 0 Å². The van der Waals surface area contributed by atoms with Gasteiger partial charge in [-0.2, -0.15) is 4.37 Å². The van der Waals surface area contributed by atoms with E-state index in [-0.39, 0.29) is 0 Å². The highest BCUT2D eigenvalue weighted by molar-refractivity contribution is 8.02. The molecule has 2 nitrogen and oxygen atoms in total. The third kappa shape index (κ3) is 1.20. The van der Waals surface area contributed by atoms with Gasteiger partial charge in [-0.3, -0.25) is 0 Å². The van der Waals surface area contributed by atoms with Crippen molar-refractivity contribution < 1.29 is 0 Å². The fraction of sp³-hybridized carbons (Fsp3) is 0.250. The van der Waals surface area contributed by atoms with Crippen molar-refractivity contribution in [3.8, 4) is 0 Å². The second-order valence-electron chi connectivity index (χ2n) is 1.25. The molecule has 0 unspecified atom stereocenters. The van der Waals surface area contributed by atoms with Gasteiger partial charge in [0.2, 0.25) is 0 Å². The predicted octanol–water partition coefficient (Wildman–Crippen LogP) is 1.73. The lowest BCUT2D eigenvalue weighted by atomic mass is 10.8. The zero-order valence-electron chi connectivity index (χ0n) is 4.42. The van der Waals surface area contributed by atoms with Gasteiger partial charge in [0.15, 0.2) is 4.34 Å². The molecule has 0 spiro atoms. The summed E-state index contributed by atoms with van der Waals surface area (Å²) in [6.45, 7) is 1.87. The molecule has 1 aromatic rings. The molecule has 0 aliphatic heterocycles. The molecule has 4 heteroatoms. The van der Waals surface area contributed by atoms with Gasteiger partial charge in [-0.05, 0) is 18.5 Å². The lowest BCUT2D eigenvalue weighted by Gasteiger charge is -1.76. The molecule has 0 saturated heterocycles. The highest BCUT2D eigenvalue weighted by atomic mass is 32.2. The van der Waals surface area contributed by atoms with E-state index in [0.29, 0.717) is 0 Å². The van der Waals surface area contributed by atoms with E-state index in [2.05, 4.69) is 15.6 Å². The van der Waals surface area contributed by atoms with E-state index in [4.69, 9.17) is 0 Å². The van der Waals surface area contributed by atoms with Crippen LogP contribution in [0.2, 0.25) is 0 Å². The second kappa shape index (κ2) is 2.46. The minimum absolute atomic E-state index is 0.834. The van der Waals surface area contributed by atoms with Crippen molar-refractivity contribution in [2.45, 2.75) is 11.3 Å². The molecule has 1 heterocycles. The van der Waals surface area contributed by atoms with Crippen LogP contribution in [0, 0.1) is 13.2 Å². The third-order valence-electron chi connectivity index (χ3n) is 0.632. The number of aromatic nitrogens is 2. The molecule has 0 aliphatic rings. The molecule has 0 N–H and O–H groups in total. The average molecular weight is 145 g/mol. The summed E-state index contributed by atoms with van der Waals surface area (Å²) in [5.41, 5.74) is 0. The Kier molecular flexibility index (Phi) is 1.85. The lowest BCUT2D eigenvalue weighted by molar-refractivity contribution is 1.10. The first-order chi connectivity index (χ1) is 3.83. The maximum atomic E-state index is 4.04. The molecule has 0 amide bonds. The van der Waals surface area contributed by atoms with Crippen LogP contribution in [0.5, 0.6) is 0 Å². The van der Waals surface area contributed by atoms with E-state index in [1.807, 2.05) is 6.92 Å². The van der Waals surface area contributed by atoms with Crippen molar-refractivity contribution in [2.75, 3.05) is 0 Å². The van der Waals surface area contributed by atoms with Gasteiger partial charge in [-0.15, -0.1) is 0 Å². The summed E-state index contributed by atoms with van der Waals surface area (Å²) in [5, 5.41) is 0. The first kappa shape index (κ1) is 6.04. The summed E-state index contributed by atoms with van der Waals surface area (Å²) in [5.74, 6) is 0.834. The van der Waals surface area contributed by atoms with Crippen LogP contribution in [-0.4, -0.2) is 9.36 Å². The van der Waals surface area contributed by atoms with E-state index in [1.54, 1.807) is 0 Å². The van der Waals surface area contributed by atoms with Crippen molar-refractivity contribution >= 4 is 23.3 Å². The van der Waals surface area contributed by atoms with Gasteiger partial charge >= 0.3 is 0 Å². The first-order valence-electron chi connectivity index (χ1n) is 2.05. The van der Waals surface area contributed by atoms with Crippen molar-refractivity contribution in [2.24, 2.45) is 0 Å². The Morgan fingerprint density at radius 2 is 2.50 bits per heavy atom. The smallest absolute Gasteiger partial charge is 0.170 e. The van der Waals surface area contributed by atoms with Gasteiger partial charge in [0.05, 0.1) is 0 Å². The van der Waals surface area contributed by atoms with Crippen molar-refractivity contribution in [3.63, 3.8) is 0 Å².